The van der Waals surface area contributed by atoms with Crippen molar-refractivity contribution in [1.82, 2.24) is 15.5 Å². The van der Waals surface area contributed by atoms with Crippen LogP contribution in [-0.4, -0.2) is 29.1 Å². The molecule has 3 rings (SSSR count). The number of nitrogen functional groups attached to an aromatic ring is 1. The average Bonchev–Trinajstić information content (AvgIpc) is 2.99. The van der Waals surface area contributed by atoms with Gasteiger partial charge in [-0.15, -0.1) is 16.4 Å². The molecule has 0 aliphatic carbocycles. The normalized spacial score (nSPS) is 11.1. The van der Waals surface area contributed by atoms with Crippen molar-refractivity contribution in [3.05, 3.63) is 46.0 Å². The third-order valence-electron chi connectivity index (χ3n) is 4.09. The van der Waals surface area contributed by atoms with Crippen LogP contribution in [0.2, 0.25) is 0 Å². The Bertz CT molecular complexity index is 974. The Morgan fingerprint density at radius 3 is 2.63 bits per heavy atom. The summed E-state index contributed by atoms with van der Waals surface area (Å²) in [6, 6.07) is 6.57. The summed E-state index contributed by atoms with van der Waals surface area (Å²) in [6.07, 6.45) is -2.52. The number of ether oxygens (including phenoxy) is 1. The van der Waals surface area contributed by atoms with Gasteiger partial charge in [0.05, 0.1) is 11.4 Å². The van der Waals surface area contributed by atoms with Crippen LogP contribution in [0, 0.1) is 13.8 Å². The maximum absolute atomic E-state index is 12.5. The topological polar surface area (TPSA) is 90.1 Å². The Hall–Kier alpha value is -2.81. The van der Waals surface area contributed by atoms with Crippen molar-refractivity contribution in [3.63, 3.8) is 0 Å². The second-order valence-corrected chi connectivity index (χ2v) is 6.96. The highest BCUT2D eigenvalue weighted by molar-refractivity contribution is 7.21. The predicted octanol–water partition coefficient (Wildman–Crippen LogP) is 3.46. The van der Waals surface area contributed by atoms with E-state index in [0.717, 1.165) is 22.2 Å². The van der Waals surface area contributed by atoms with E-state index in [-0.39, 0.29) is 12.5 Å². The van der Waals surface area contributed by atoms with E-state index in [2.05, 4.69) is 15.5 Å². The highest BCUT2D eigenvalue weighted by Crippen LogP contribution is 2.34. The second kappa shape index (κ2) is 7.83. The molecule has 0 spiro atoms. The van der Waals surface area contributed by atoms with E-state index in [1.165, 1.54) is 11.3 Å². The van der Waals surface area contributed by atoms with E-state index in [9.17, 15) is 13.6 Å². The number of rotatable bonds is 6. The summed E-state index contributed by atoms with van der Waals surface area (Å²) in [7, 11) is 0. The molecule has 9 heteroatoms. The monoisotopic (exact) mass is 392 g/mol. The van der Waals surface area contributed by atoms with Gasteiger partial charge in [-0.1, -0.05) is 12.1 Å². The van der Waals surface area contributed by atoms with E-state index in [0.29, 0.717) is 21.1 Å². The zero-order chi connectivity index (χ0) is 19.6. The first kappa shape index (κ1) is 19.0. The second-order valence-electron chi connectivity index (χ2n) is 5.96. The first-order chi connectivity index (χ1) is 12.9. The van der Waals surface area contributed by atoms with E-state index in [4.69, 9.17) is 10.5 Å². The van der Waals surface area contributed by atoms with Crippen LogP contribution >= 0.6 is 11.3 Å². The number of aromatic nitrogens is 2. The summed E-state index contributed by atoms with van der Waals surface area (Å²) in [6.45, 7) is 3.36. The SMILES string of the molecule is Cc1nnc2sc(C(=O)NCc3ccc(OCC(F)F)cc3)c(N)c2c1C. The summed E-state index contributed by atoms with van der Waals surface area (Å²) in [4.78, 5) is 13.5. The number of hydrogen-bond donors (Lipinski definition) is 2. The molecule has 0 aliphatic rings. The van der Waals surface area contributed by atoms with Crippen LogP contribution in [0.3, 0.4) is 0 Å². The Morgan fingerprint density at radius 2 is 1.96 bits per heavy atom. The van der Waals surface area contributed by atoms with Crippen LogP contribution in [0.25, 0.3) is 10.2 Å². The molecule has 1 aromatic carbocycles. The molecule has 0 saturated heterocycles. The van der Waals surface area contributed by atoms with Gasteiger partial charge in [0, 0.05) is 11.9 Å². The molecule has 0 fully saturated rings. The first-order valence-corrected chi connectivity index (χ1v) is 8.98. The van der Waals surface area contributed by atoms with Crippen molar-refractivity contribution in [2.24, 2.45) is 0 Å². The van der Waals surface area contributed by atoms with Crippen LogP contribution < -0.4 is 15.8 Å². The molecule has 2 aromatic heterocycles. The fourth-order valence-corrected chi connectivity index (χ4v) is 3.55. The third-order valence-corrected chi connectivity index (χ3v) is 5.18. The number of carbonyl (C=O) groups excluding carboxylic acids is 1. The number of amides is 1. The van der Waals surface area contributed by atoms with Crippen molar-refractivity contribution in [1.29, 1.82) is 0 Å². The van der Waals surface area contributed by atoms with Gasteiger partial charge in [0.1, 0.15) is 22.1 Å². The van der Waals surface area contributed by atoms with E-state index in [1.54, 1.807) is 24.3 Å². The molecule has 3 aromatic rings. The molecule has 0 saturated carbocycles. The Morgan fingerprint density at radius 1 is 1.26 bits per heavy atom. The molecule has 0 radical (unpaired) electrons. The van der Waals surface area contributed by atoms with Crippen LogP contribution in [0.15, 0.2) is 24.3 Å². The molecule has 0 aliphatic heterocycles. The molecule has 6 nitrogen and oxygen atoms in total. The molecule has 0 atom stereocenters. The number of aryl methyl sites for hydroxylation is 2. The third kappa shape index (κ3) is 4.13. The molecule has 0 bridgehead atoms. The lowest BCUT2D eigenvalue weighted by Crippen LogP contribution is -2.22. The first-order valence-electron chi connectivity index (χ1n) is 8.16. The smallest absolute Gasteiger partial charge is 0.272 e. The van der Waals surface area contributed by atoms with Gasteiger partial charge in [0.15, 0.2) is 0 Å². The standard InChI is InChI=1S/C18H18F2N4O2S/c1-9-10(2)23-24-18-14(9)15(21)16(27-18)17(25)22-7-11-3-5-12(6-4-11)26-8-13(19)20/h3-6,13H,7-8,21H2,1-2H3,(H,22,25). The fraction of sp³-hybridized carbons (Fsp3) is 0.278. The van der Waals surface area contributed by atoms with Crippen LogP contribution in [0.1, 0.15) is 26.5 Å². The summed E-state index contributed by atoms with van der Waals surface area (Å²) < 4.78 is 29.2. The molecule has 1 amide bonds. The maximum atomic E-state index is 12.5. The number of nitrogens with two attached hydrogens (primary N) is 1. The lowest BCUT2D eigenvalue weighted by Gasteiger charge is -2.08. The Kier molecular flexibility index (Phi) is 5.50. The zero-order valence-corrected chi connectivity index (χ0v) is 15.6. The molecule has 2 heterocycles. The van der Waals surface area contributed by atoms with E-state index in [1.807, 2.05) is 13.8 Å². The van der Waals surface area contributed by atoms with Crippen LogP contribution in [-0.2, 0) is 6.54 Å². The minimum absolute atomic E-state index is 0.269. The van der Waals surface area contributed by atoms with Gasteiger partial charge in [-0.05, 0) is 37.1 Å². The van der Waals surface area contributed by atoms with Crippen LogP contribution in [0.4, 0.5) is 14.5 Å². The summed E-state index contributed by atoms with van der Waals surface area (Å²) in [5.41, 5.74) is 9.05. The van der Waals surface area contributed by atoms with Crippen molar-refractivity contribution < 1.29 is 18.3 Å². The molecule has 3 N–H and O–H groups in total. The van der Waals surface area contributed by atoms with Crippen LogP contribution in [0.5, 0.6) is 5.75 Å². The maximum Gasteiger partial charge on any atom is 0.272 e. The quantitative estimate of drug-likeness (QED) is 0.670. The number of halogens is 2. The van der Waals surface area contributed by atoms with Crippen molar-refractivity contribution in [3.8, 4) is 5.75 Å². The number of thiophene rings is 1. The highest BCUT2D eigenvalue weighted by Gasteiger charge is 2.19. The summed E-state index contributed by atoms with van der Waals surface area (Å²) in [5.74, 6) is 0.0501. The number of anilines is 1. The molecular weight excluding hydrogens is 374 g/mol. The summed E-state index contributed by atoms with van der Waals surface area (Å²) >= 11 is 1.20. The zero-order valence-electron chi connectivity index (χ0n) is 14.8. The number of carbonyl (C=O) groups is 1. The largest absolute Gasteiger partial charge is 0.488 e. The Labute approximate surface area is 158 Å². The van der Waals surface area contributed by atoms with Gasteiger partial charge in [-0.3, -0.25) is 4.79 Å². The van der Waals surface area contributed by atoms with Gasteiger partial charge in [-0.2, -0.15) is 5.10 Å². The number of nitrogens with zero attached hydrogens (tertiary/aromatic N) is 2. The van der Waals surface area contributed by atoms with Gasteiger partial charge in [0.25, 0.3) is 12.3 Å². The lowest BCUT2D eigenvalue weighted by molar-refractivity contribution is 0.0818. The number of alkyl halides is 2. The Balaban J connectivity index is 1.68. The van der Waals surface area contributed by atoms with Crippen molar-refractivity contribution in [2.45, 2.75) is 26.8 Å². The van der Waals surface area contributed by atoms with Gasteiger partial charge in [0.2, 0.25) is 0 Å². The van der Waals surface area contributed by atoms with E-state index < -0.39 is 13.0 Å². The fourth-order valence-electron chi connectivity index (χ4n) is 2.53. The van der Waals surface area contributed by atoms with Gasteiger partial charge < -0.3 is 15.8 Å². The minimum atomic E-state index is -2.52. The molecule has 0 unspecified atom stereocenters. The number of hydrogen-bond acceptors (Lipinski definition) is 6. The minimum Gasteiger partial charge on any atom is -0.488 e. The molecular formula is C18H18F2N4O2S. The number of benzene rings is 1. The molecule has 27 heavy (non-hydrogen) atoms. The highest BCUT2D eigenvalue weighted by atomic mass is 32.1. The van der Waals surface area contributed by atoms with Gasteiger partial charge in [-0.25, -0.2) is 8.78 Å². The van der Waals surface area contributed by atoms with Crippen molar-refractivity contribution in [2.75, 3.05) is 12.3 Å². The lowest BCUT2D eigenvalue weighted by atomic mass is 10.1. The van der Waals surface area contributed by atoms with Crippen molar-refractivity contribution >= 4 is 33.1 Å². The predicted molar refractivity (Wildman–Crippen MR) is 100 cm³/mol. The number of fused-ring (bicyclic) bond motifs is 1. The van der Waals surface area contributed by atoms with E-state index >= 15 is 0 Å². The number of nitrogens with one attached hydrogen (secondary N) is 1. The summed E-state index contributed by atoms with van der Waals surface area (Å²) in [5, 5.41) is 11.7. The molecule has 142 valence electrons. The average molecular weight is 392 g/mol. The van der Waals surface area contributed by atoms with Gasteiger partial charge >= 0.3 is 0 Å².